The summed E-state index contributed by atoms with van der Waals surface area (Å²) >= 11 is -2.74. The maximum Gasteiger partial charge on any atom is 0.311 e. The van der Waals surface area contributed by atoms with Gasteiger partial charge in [-0.25, -0.2) is 26.2 Å². The molecule has 1 aliphatic rings. The van der Waals surface area contributed by atoms with Crippen LogP contribution in [-0.2, 0) is 16.9 Å². The number of halogens is 5. The molecule has 1 atom stereocenters. The fourth-order valence-electron chi connectivity index (χ4n) is 3.05. The standard InChI is InChI=1S/C19H9F5O4S/c20-9-1-3-12(14(23)5-9)19(13-4-2-10(21)6-15(13)24)27-16-7-11(22)8-17(29(25)26)18(16)28-19/h1-8H,(H,25,26). The first-order valence-electron chi connectivity index (χ1n) is 7.95. The van der Waals surface area contributed by atoms with Gasteiger partial charge in [-0.15, -0.1) is 0 Å². The van der Waals surface area contributed by atoms with E-state index in [0.29, 0.717) is 18.2 Å². The Morgan fingerprint density at radius 2 is 1.31 bits per heavy atom. The predicted molar refractivity (Wildman–Crippen MR) is 90.2 cm³/mol. The maximum atomic E-state index is 14.6. The van der Waals surface area contributed by atoms with Gasteiger partial charge in [-0.05, 0) is 30.3 Å². The lowest BCUT2D eigenvalue weighted by atomic mass is 9.96. The summed E-state index contributed by atoms with van der Waals surface area (Å²) in [6.07, 6.45) is 0. The van der Waals surface area contributed by atoms with Gasteiger partial charge >= 0.3 is 5.79 Å². The molecule has 29 heavy (non-hydrogen) atoms. The van der Waals surface area contributed by atoms with Gasteiger partial charge in [-0.3, -0.25) is 0 Å². The Balaban J connectivity index is 2.01. The van der Waals surface area contributed by atoms with E-state index in [1.165, 1.54) is 0 Å². The first kappa shape index (κ1) is 19.3. The molecule has 0 fully saturated rings. The summed E-state index contributed by atoms with van der Waals surface area (Å²) in [5.41, 5.74) is -1.04. The van der Waals surface area contributed by atoms with Crippen molar-refractivity contribution in [1.29, 1.82) is 0 Å². The van der Waals surface area contributed by atoms with E-state index in [9.17, 15) is 30.7 Å². The normalized spacial score (nSPS) is 15.4. The van der Waals surface area contributed by atoms with Crippen LogP contribution < -0.4 is 9.47 Å². The molecule has 0 saturated heterocycles. The third kappa shape index (κ3) is 3.14. The maximum absolute atomic E-state index is 14.6. The number of fused-ring (bicyclic) bond motifs is 1. The van der Waals surface area contributed by atoms with Crippen molar-refractivity contribution in [3.63, 3.8) is 0 Å². The van der Waals surface area contributed by atoms with Gasteiger partial charge in [-0.1, -0.05) is 0 Å². The molecule has 1 unspecified atom stereocenters. The second-order valence-electron chi connectivity index (χ2n) is 6.05. The molecule has 0 aromatic heterocycles. The van der Waals surface area contributed by atoms with Gasteiger partial charge in [0.2, 0.25) is 0 Å². The van der Waals surface area contributed by atoms with Crippen molar-refractivity contribution >= 4 is 11.1 Å². The van der Waals surface area contributed by atoms with E-state index in [4.69, 9.17) is 9.47 Å². The molecule has 1 heterocycles. The van der Waals surface area contributed by atoms with Gasteiger partial charge in [0.15, 0.2) is 22.6 Å². The highest BCUT2D eigenvalue weighted by Crippen LogP contribution is 2.51. The number of hydrogen-bond acceptors (Lipinski definition) is 3. The van der Waals surface area contributed by atoms with Crippen LogP contribution in [0.15, 0.2) is 53.4 Å². The number of benzene rings is 3. The summed E-state index contributed by atoms with van der Waals surface area (Å²) in [5.74, 6) is -8.60. The minimum absolute atomic E-state index is 0.421. The van der Waals surface area contributed by atoms with Crippen LogP contribution in [0, 0.1) is 29.1 Å². The zero-order valence-electron chi connectivity index (χ0n) is 14.1. The molecule has 0 aliphatic carbocycles. The van der Waals surface area contributed by atoms with Gasteiger partial charge in [0.05, 0.1) is 11.1 Å². The van der Waals surface area contributed by atoms with Crippen molar-refractivity contribution < 1.29 is 40.2 Å². The zero-order valence-corrected chi connectivity index (χ0v) is 14.9. The van der Waals surface area contributed by atoms with Crippen LogP contribution in [0.2, 0.25) is 0 Å². The third-order valence-corrected chi connectivity index (χ3v) is 4.92. The van der Waals surface area contributed by atoms with Crippen LogP contribution in [0.25, 0.3) is 0 Å². The monoisotopic (exact) mass is 428 g/mol. The molecule has 150 valence electrons. The number of rotatable bonds is 3. The topological polar surface area (TPSA) is 55.8 Å². The van der Waals surface area contributed by atoms with Crippen LogP contribution >= 0.6 is 0 Å². The summed E-state index contributed by atoms with van der Waals surface area (Å²) in [4.78, 5) is -0.549. The average molecular weight is 428 g/mol. The molecular formula is C19H9F5O4S. The lowest BCUT2D eigenvalue weighted by Crippen LogP contribution is -2.39. The third-order valence-electron chi connectivity index (χ3n) is 4.24. The van der Waals surface area contributed by atoms with Crippen molar-refractivity contribution in [1.82, 2.24) is 0 Å². The Kier molecular flexibility index (Phi) is 4.55. The minimum Gasteiger partial charge on any atom is -0.440 e. The predicted octanol–water partition coefficient (Wildman–Crippen LogP) is 4.64. The minimum atomic E-state index is -2.74. The van der Waals surface area contributed by atoms with E-state index in [0.717, 1.165) is 30.3 Å². The Morgan fingerprint density at radius 3 is 1.79 bits per heavy atom. The first-order chi connectivity index (χ1) is 13.7. The Hall–Kier alpha value is -2.98. The van der Waals surface area contributed by atoms with Gasteiger partial charge in [0.25, 0.3) is 0 Å². The molecule has 1 aliphatic heterocycles. The van der Waals surface area contributed by atoms with Crippen LogP contribution in [-0.4, -0.2) is 8.76 Å². The van der Waals surface area contributed by atoms with Crippen LogP contribution in [0.4, 0.5) is 22.0 Å². The highest BCUT2D eigenvalue weighted by Gasteiger charge is 2.50. The molecule has 0 spiro atoms. The van der Waals surface area contributed by atoms with Gasteiger partial charge in [0.1, 0.15) is 34.0 Å². The van der Waals surface area contributed by atoms with Crippen molar-refractivity contribution in [2.75, 3.05) is 0 Å². The first-order valence-corrected chi connectivity index (χ1v) is 9.05. The van der Waals surface area contributed by atoms with E-state index in [1.54, 1.807) is 0 Å². The van der Waals surface area contributed by atoms with Crippen LogP contribution in [0.3, 0.4) is 0 Å². The highest BCUT2D eigenvalue weighted by molar-refractivity contribution is 7.79. The lowest BCUT2D eigenvalue weighted by Gasteiger charge is -2.29. The van der Waals surface area contributed by atoms with Crippen molar-refractivity contribution in [2.45, 2.75) is 10.7 Å². The summed E-state index contributed by atoms with van der Waals surface area (Å²) < 4.78 is 102. The molecular weight excluding hydrogens is 419 g/mol. The molecule has 4 nitrogen and oxygen atoms in total. The van der Waals surface area contributed by atoms with Crippen LogP contribution in [0.5, 0.6) is 11.5 Å². The van der Waals surface area contributed by atoms with Gasteiger partial charge in [0, 0.05) is 18.2 Å². The summed E-state index contributed by atoms with van der Waals surface area (Å²) in [6.45, 7) is 0. The number of hydrogen-bond donors (Lipinski definition) is 1. The van der Waals surface area contributed by atoms with E-state index in [1.807, 2.05) is 0 Å². The van der Waals surface area contributed by atoms with E-state index >= 15 is 0 Å². The smallest absolute Gasteiger partial charge is 0.311 e. The quantitative estimate of drug-likeness (QED) is 0.488. The molecule has 0 bridgehead atoms. The summed E-state index contributed by atoms with van der Waals surface area (Å²) in [5, 5.41) is 0. The largest absolute Gasteiger partial charge is 0.440 e. The van der Waals surface area contributed by atoms with Crippen molar-refractivity contribution in [2.24, 2.45) is 0 Å². The Labute approximate surface area is 162 Å². The lowest BCUT2D eigenvalue weighted by molar-refractivity contribution is -0.0526. The fraction of sp³-hybridized carbons (Fsp3) is 0.0526. The van der Waals surface area contributed by atoms with E-state index < -0.39 is 73.5 Å². The second kappa shape index (κ2) is 6.82. The van der Waals surface area contributed by atoms with E-state index in [2.05, 4.69) is 0 Å². The number of ether oxygens (including phenoxy) is 2. The van der Waals surface area contributed by atoms with Gasteiger partial charge in [-0.2, -0.15) is 0 Å². The van der Waals surface area contributed by atoms with Crippen LogP contribution in [0.1, 0.15) is 11.1 Å². The zero-order chi connectivity index (χ0) is 20.9. The summed E-state index contributed by atoms with van der Waals surface area (Å²) in [7, 11) is 0. The molecule has 10 heteroatoms. The molecule has 3 aromatic rings. The van der Waals surface area contributed by atoms with Crippen molar-refractivity contribution in [3.8, 4) is 11.5 Å². The van der Waals surface area contributed by atoms with Crippen molar-refractivity contribution in [3.05, 3.63) is 88.7 Å². The fourth-order valence-corrected chi connectivity index (χ4v) is 3.56. The van der Waals surface area contributed by atoms with Gasteiger partial charge < -0.3 is 14.0 Å². The SMILES string of the molecule is O=S(O)c1cc(F)cc2c1OC(c1ccc(F)cc1F)(c1ccc(F)cc1F)O2. The average Bonchev–Trinajstić information content (AvgIpc) is 3.00. The molecule has 4 rings (SSSR count). The van der Waals surface area contributed by atoms with E-state index in [-0.39, 0.29) is 0 Å². The molecule has 3 aromatic carbocycles. The summed E-state index contributed by atoms with van der Waals surface area (Å²) in [6, 6.07) is 5.97. The Bertz CT molecular complexity index is 1120. The Morgan fingerprint density at radius 1 is 0.759 bits per heavy atom. The second-order valence-corrected chi connectivity index (χ2v) is 6.99. The molecule has 0 radical (unpaired) electrons. The molecule has 1 N–H and O–H groups in total. The molecule has 0 saturated carbocycles. The highest BCUT2D eigenvalue weighted by atomic mass is 32.2. The molecule has 0 amide bonds.